The van der Waals surface area contributed by atoms with Gasteiger partial charge in [0.2, 0.25) is 0 Å². The van der Waals surface area contributed by atoms with Gasteiger partial charge in [0.05, 0.1) is 5.39 Å². The van der Waals surface area contributed by atoms with Crippen molar-refractivity contribution in [2.75, 3.05) is 0 Å². The van der Waals surface area contributed by atoms with E-state index in [4.69, 9.17) is 4.42 Å². The largest absolute Gasteiger partial charge is 0.508 e. The fourth-order valence-corrected chi connectivity index (χ4v) is 3.62. The number of rotatable bonds is 1. The SMILES string of the molecule is Oc1ccc2c(-c3ccccc3)c3c(ccc4c(=[OH+])cccc43)oc2c1. The van der Waals surface area contributed by atoms with Gasteiger partial charge in [0.15, 0.2) is 0 Å². The Morgan fingerprint density at radius 1 is 0.692 bits per heavy atom. The lowest BCUT2D eigenvalue weighted by Gasteiger charge is -2.13. The first-order valence-corrected chi connectivity index (χ1v) is 8.41. The van der Waals surface area contributed by atoms with E-state index < -0.39 is 0 Å². The average molecular weight is 339 g/mol. The van der Waals surface area contributed by atoms with Crippen LogP contribution in [0.3, 0.4) is 0 Å². The Morgan fingerprint density at radius 2 is 1.50 bits per heavy atom. The molecule has 0 saturated carbocycles. The summed E-state index contributed by atoms with van der Waals surface area (Å²) in [5.74, 6) is 0.165. The maximum Gasteiger partial charge on any atom is 0.347 e. The third-order valence-electron chi connectivity index (χ3n) is 4.77. The number of benzene rings is 4. The second-order valence-electron chi connectivity index (χ2n) is 6.33. The Morgan fingerprint density at radius 3 is 2.35 bits per heavy atom. The molecule has 2 N–H and O–H groups in total. The molecule has 3 nitrogen and oxygen atoms in total. The van der Waals surface area contributed by atoms with Crippen LogP contribution in [0, 0.1) is 0 Å². The Balaban J connectivity index is 2.10. The standard InChI is InChI=1S/C23H14O3/c24-15-9-10-18-21(13-15)26-20-12-11-16-17(7-4-8-19(16)25)23(20)22(18)14-5-2-1-3-6-14/h1-13,24H/p+1. The molecular weight excluding hydrogens is 324 g/mol. The van der Waals surface area contributed by atoms with E-state index in [2.05, 4.69) is 12.1 Å². The molecule has 0 radical (unpaired) electrons. The first-order chi connectivity index (χ1) is 12.7. The molecule has 0 amide bonds. The lowest BCUT2D eigenvalue weighted by molar-refractivity contribution is 0.474. The number of hydrogen-bond acceptors (Lipinski definition) is 2. The van der Waals surface area contributed by atoms with E-state index in [1.54, 1.807) is 18.2 Å². The predicted octanol–water partition coefficient (Wildman–Crippen LogP) is 5.12. The summed E-state index contributed by atoms with van der Waals surface area (Å²) in [5.41, 5.74) is 3.66. The minimum Gasteiger partial charge on any atom is -0.508 e. The van der Waals surface area contributed by atoms with Crippen molar-refractivity contribution in [3.8, 4) is 16.9 Å². The second-order valence-corrected chi connectivity index (χ2v) is 6.33. The predicted molar refractivity (Wildman–Crippen MR) is 103 cm³/mol. The van der Waals surface area contributed by atoms with Crippen molar-refractivity contribution in [3.63, 3.8) is 0 Å². The number of phenolic OH excluding ortho intramolecular Hbond substituents is 1. The van der Waals surface area contributed by atoms with Gasteiger partial charge in [0.1, 0.15) is 16.9 Å². The molecule has 0 aliphatic carbocycles. The summed E-state index contributed by atoms with van der Waals surface area (Å²) in [7, 11) is 0. The Hall–Kier alpha value is -3.59. The third kappa shape index (κ3) is 2.11. The summed E-state index contributed by atoms with van der Waals surface area (Å²) in [5, 5.41) is 13.5. The van der Waals surface area contributed by atoms with Gasteiger partial charge in [-0.3, -0.25) is 4.79 Å². The van der Waals surface area contributed by atoms with Crippen molar-refractivity contribution in [1.82, 2.24) is 0 Å². The quantitative estimate of drug-likeness (QED) is 0.262. The number of aromatic hydroxyl groups is 1. The van der Waals surface area contributed by atoms with Gasteiger partial charge in [-0.05, 0) is 29.8 Å². The van der Waals surface area contributed by atoms with Gasteiger partial charge < -0.3 is 9.52 Å². The van der Waals surface area contributed by atoms with E-state index in [0.717, 1.165) is 32.7 Å². The molecule has 0 unspecified atom stereocenters. The maximum atomic E-state index is 10.3. The summed E-state index contributed by atoms with van der Waals surface area (Å²) in [6, 6.07) is 24.5. The molecule has 1 heterocycles. The fraction of sp³-hybridized carbons (Fsp3) is 0. The van der Waals surface area contributed by atoms with Gasteiger partial charge in [-0.25, -0.2) is 0 Å². The first-order valence-electron chi connectivity index (χ1n) is 8.41. The van der Waals surface area contributed by atoms with E-state index in [0.29, 0.717) is 11.2 Å². The third-order valence-corrected chi connectivity index (χ3v) is 4.77. The van der Waals surface area contributed by atoms with Gasteiger partial charge in [0.25, 0.3) is 0 Å². The zero-order valence-electron chi connectivity index (χ0n) is 13.8. The van der Waals surface area contributed by atoms with Crippen LogP contribution in [0.1, 0.15) is 0 Å². The molecule has 124 valence electrons. The Labute approximate surface area is 148 Å². The van der Waals surface area contributed by atoms with Crippen LogP contribution in [-0.2, 0) is 0 Å². The summed E-state index contributed by atoms with van der Waals surface area (Å²) in [6.45, 7) is 0. The van der Waals surface area contributed by atoms with Crippen molar-refractivity contribution in [1.29, 1.82) is 0 Å². The second kappa shape index (κ2) is 5.46. The maximum absolute atomic E-state index is 10.3. The summed E-state index contributed by atoms with van der Waals surface area (Å²) >= 11 is 0. The monoisotopic (exact) mass is 339 g/mol. The minimum absolute atomic E-state index is 0.165. The summed E-state index contributed by atoms with van der Waals surface area (Å²) < 4.78 is 6.10. The summed E-state index contributed by atoms with van der Waals surface area (Å²) in [4.78, 5) is 10.3. The van der Waals surface area contributed by atoms with Crippen molar-refractivity contribution in [2.45, 2.75) is 0 Å². The van der Waals surface area contributed by atoms with Gasteiger partial charge >= 0.3 is 5.43 Å². The molecule has 0 aliphatic rings. The number of hydrogen-bond donors (Lipinski definition) is 1. The van der Waals surface area contributed by atoms with Crippen molar-refractivity contribution in [3.05, 3.63) is 84.3 Å². The molecule has 0 saturated heterocycles. The highest BCUT2D eigenvalue weighted by molar-refractivity contribution is 6.18. The van der Waals surface area contributed by atoms with Crippen LogP contribution in [0.5, 0.6) is 5.75 Å². The molecule has 0 fully saturated rings. The molecule has 5 rings (SSSR count). The number of phenols is 1. The topological polar surface area (TPSA) is 54.8 Å². The van der Waals surface area contributed by atoms with E-state index in [-0.39, 0.29) is 11.2 Å². The highest BCUT2D eigenvalue weighted by Gasteiger charge is 2.16. The van der Waals surface area contributed by atoms with Gasteiger partial charge in [-0.15, -0.1) is 0 Å². The van der Waals surface area contributed by atoms with Crippen LogP contribution in [0.25, 0.3) is 43.8 Å². The Kier molecular flexibility index (Phi) is 3.09. The summed E-state index contributed by atoms with van der Waals surface area (Å²) in [6.07, 6.45) is 0. The van der Waals surface area contributed by atoms with E-state index in [9.17, 15) is 9.90 Å². The molecule has 26 heavy (non-hydrogen) atoms. The average Bonchev–Trinajstić information content (AvgIpc) is 2.67. The lowest BCUT2D eigenvalue weighted by atomic mass is 9.93. The van der Waals surface area contributed by atoms with Crippen LogP contribution in [0.4, 0.5) is 0 Å². The van der Waals surface area contributed by atoms with Crippen molar-refractivity contribution in [2.24, 2.45) is 0 Å². The molecule has 0 aliphatic heterocycles. The highest BCUT2D eigenvalue weighted by Crippen LogP contribution is 2.40. The molecule has 0 spiro atoms. The molecular formula is C23H15O3+. The van der Waals surface area contributed by atoms with Gasteiger partial charge in [-0.2, -0.15) is 0 Å². The zero-order valence-corrected chi connectivity index (χ0v) is 13.8. The molecule has 3 heteroatoms. The van der Waals surface area contributed by atoms with Crippen LogP contribution in [0.15, 0.2) is 83.3 Å². The van der Waals surface area contributed by atoms with Crippen molar-refractivity contribution >= 4 is 32.7 Å². The molecule has 4 aromatic carbocycles. The molecule has 0 atom stereocenters. The zero-order chi connectivity index (χ0) is 17.7. The van der Waals surface area contributed by atoms with E-state index in [1.807, 2.05) is 48.5 Å². The molecule has 0 bridgehead atoms. The first kappa shape index (κ1) is 14.7. The molecule has 1 aromatic heterocycles. The number of fused-ring (bicyclic) bond motifs is 4. The highest BCUT2D eigenvalue weighted by atomic mass is 16.3. The smallest absolute Gasteiger partial charge is 0.347 e. The van der Waals surface area contributed by atoms with E-state index >= 15 is 0 Å². The van der Waals surface area contributed by atoms with Crippen LogP contribution in [0.2, 0.25) is 0 Å². The Bertz CT molecular complexity index is 1350. The minimum atomic E-state index is 0.165. The normalized spacial score (nSPS) is 11.4. The fourth-order valence-electron chi connectivity index (χ4n) is 3.62. The van der Waals surface area contributed by atoms with Crippen LogP contribution in [-0.4, -0.2) is 9.90 Å². The van der Waals surface area contributed by atoms with E-state index in [1.165, 1.54) is 0 Å². The van der Waals surface area contributed by atoms with Crippen molar-refractivity contribution < 1.29 is 14.3 Å². The van der Waals surface area contributed by atoms with Gasteiger partial charge in [0, 0.05) is 33.9 Å². The van der Waals surface area contributed by atoms with Crippen LogP contribution < -0.4 is 5.43 Å². The molecule has 5 aromatic rings. The lowest BCUT2D eigenvalue weighted by Crippen LogP contribution is -2.01. The van der Waals surface area contributed by atoms with Gasteiger partial charge in [-0.1, -0.05) is 42.5 Å². The van der Waals surface area contributed by atoms with Crippen LogP contribution >= 0.6 is 0 Å².